The zero-order valence-electron chi connectivity index (χ0n) is 13.9. The second kappa shape index (κ2) is 7.11. The van der Waals surface area contributed by atoms with E-state index in [1.165, 1.54) is 19.3 Å². The Kier molecular flexibility index (Phi) is 5.68. The van der Waals surface area contributed by atoms with Gasteiger partial charge in [-0.2, -0.15) is 5.26 Å². The van der Waals surface area contributed by atoms with E-state index in [9.17, 15) is 10.4 Å². The van der Waals surface area contributed by atoms with Gasteiger partial charge in [0.2, 0.25) is 0 Å². The van der Waals surface area contributed by atoms with E-state index in [1.54, 1.807) is 0 Å². The maximum atomic E-state index is 11.3. The summed E-state index contributed by atoms with van der Waals surface area (Å²) in [6.07, 6.45) is 9.27. The van der Waals surface area contributed by atoms with Crippen LogP contribution in [0.4, 0.5) is 0 Å². The van der Waals surface area contributed by atoms with Gasteiger partial charge in [-0.3, -0.25) is 0 Å². The van der Waals surface area contributed by atoms with Crippen LogP contribution in [0.2, 0.25) is 0 Å². The van der Waals surface area contributed by atoms with Crippen LogP contribution in [0.5, 0.6) is 0 Å². The highest BCUT2D eigenvalue weighted by Gasteiger charge is 2.51. The van der Waals surface area contributed by atoms with Gasteiger partial charge in [-0.15, -0.1) is 0 Å². The first-order valence-corrected chi connectivity index (χ1v) is 8.87. The molecule has 0 aromatic carbocycles. The average molecular weight is 292 g/mol. The van der Waals surface area contributed by atoms with Crippen molar-refractivity contribution in [1.29, 1.82) is 5.26 Å². The Bertz CT molecular complexity index is 356. The third-order valence-electron chi connectivity index (χ3n) is 5.62. The molecule has 0 aromatic heterocycles. The second-order valence-corrected chi connectivity index (χ2v) is 7.69. The minimum Gasteiger partial charge on any atom is -0.388 e. The second-order valence-electron chi connectivity index (χ2n) is 7.69. The Morgan fingerprint density at radius 1 is 1.00 bits per heavy atom. The number of hydrogen-bond donors (Lipinski definition) is 1. The SMILES string of the molecule is CC(C)CN1CCC(O)(C2(C#N)CCCCCCC2)CC1. The standard InChI is InChI=1S/C18H32N2O/c1-16(2)14-20-12-10-18(21,11-13-20)17(15-19)8-6-4-3-5-7-9-17/h16,21H,3-14H2,1-2H3. The quantitative estimate of drug-likeness (QED) is 0.862. The van der Waals surface area contributed by atoms with Crippen molar-refractivity contribution in [2.45, 2.75) is 77.2 Å². The van der Waals surface area contributed by atoms with Crippen molar-refractivity contribution in [1.82, 2.24) is 4.90 Å². The number of hydrogen-bond acceptors (Lipinski definition) is 3. The highest BCUT2D eigenvalue weighted by Crippen LogP contribution is 2.47. The average Bonchev–Trinajstić information content (AvgIpc) is 2.41. The van der Waals surface area contributed by atoms with Crippen LogP contribution in [0, 0.1) is 22.7 Å². The third kappa shape index (κ3) is 3.79. The summed E-state index contributed by atoms with van der Waals surface area (Å²) in [5.41, 5.74) is -1.25. The van der Waals surface area contributed by atoms with Crippen LogP contribution < -0.4 is 0 Å². The smallest absolute Gasteiger partial charge is 0.0861 e. The molecule has 21 heavy (non-hydrogen) atoms. The summed E-state index contributed by atoms with van der Waals surface area (Å²) in [5, 5.41) is 21.1. The largest absolute Gasteiger partial charge is 0.388 e. The highest BCUT2D eigenvalue weighted by molar-refractivity contribution is 5.13. The Labute approximate surface area is 130 Å². The normalized spacial score (nSPS) is 26.8. The first kappa shape index (κ1) is 16.8. The Morgan fingerprint density at radius 2 is 1.52 bits per heavy atom. The summed E-state index contributed by atoms with van der Waals surface area (Å²) < 4.78 is 0. The molecule has 3 heteroatoms. The van der Waals surface area contributed by atoms with Crippen molar-refractivity contribution >= 4 is 0 Å². The lowest BCUT2D eigenvalue weighted by atomic mass is 9.62. The summed E-state index contributed by atoms with van der Waals surface area (Å²) >= 11 is 0. The summed E-state index contributed by atoms with van der Waals surface area (Å²) in [4.78, 5) is 2.45. The highest BCUT2D eigenvalue weighted by atomic mass is 16.3. The van der Waals surface area contributed by atoms with E-state index in [1.807, 2.05) is 0 Å². The lowest BCUT2D eigenvalue weighted by Gasteiger charge is -2.48. The molecule has 1 aliphatic carbocycles. The monoisotopic (exact) mass is 292 g/mol. The van der Waals surface area contributed by atoms with Gasteiger partial charge in [0.25, 0.3) is 0 Å². The molecule has 2 rings (SSSR count). The fourth-order valence-electron chi connectivity index (χ4n) is 4.29. The fraction of sp³-hybridized carbons (Fsp3) is 0.944. The van der Waals surface area contributed by atoms with E-state index in [0.29, 0.717) is 5.92 Å². The lowest BCUT2D eigenvalue weighted by molar-refractivity contribution is -0.107. The first-order chi connectivity index (χ1) is 10.0. The molecule has 2 fully saturated rings. The van der Waals surface area contributed by atoms with Crippen LogP contribution in [0.15, 0.2) is 0 Å². The van der Waals surface area contributed by atoms with E-state index in [-0.39, 0.29) is 0 Å². The minimum absolute atomic E-state index is 0.489. The Balaban J connectivity index is 2.05. The molecule has 0 atom stereocenters. The van der Waals surface area contributed by atoms with Gasteiger partial charge in [-0.1, -0.05) is 46.0 Å². The summed E-state index contributed by atoms with van der Waals surface area (Å²) in [6, 6.07) is 2.58. The van der Waals surface area contributed by atoms with Crippen LogP contribution in [0.25, 0.3) is 0 Å². The topological polar surface area (TPSA) is 47.3 Å². The molecule has 0 unspecified atom stereocenters. The third-order valence-corrected chi connectivity index (χ3v) is 5.62. The van der Waals surface area contributed by atoms with E-state index < -0.39 is 11.0 Å². The Morgan fingerprint density at radius 3 is 2.00 bits per heavy atom. The van der Waals surface area contributed by atoms with Crippen molar-refractivity contribution in [2.75, 3.05) is 19.6 Å². The molecule has 0 aromatic rings. The van der Waals surface area contributed by atoms with E-state index >= 15 is 0 Å². The van der Waals surface area contributed by atoms with E-state index in [2.05, 4.69) is 24.8 Å². The lowest BCUT2D eigenvalue weighted by Crippen LogP contribution is -2.55. The molecule has 1 heterocycles. The number of nitriles is 1. The van der Waals surface area contributed by atoms with Crippen molar-refractivity contribution in [3.63, 3.8) is 0 Å². The van der Waals surface area contributed by atoms with Gasteiger partial charge in [0.05, 0.1) is 17.1 Å². The molecule has 1 saturated heterocycles. The van der Waals surface area contributed by atoms with Crippen LogP contribution in [-0.2, 0) is 0 Å². The maximum absolute atomic E-state index is 11.3. The maximum Gasteiger partial charge on any atom is 0.0861 e. The molecular weight excluding hydrogens is 260 g/mol. The fourth-order valence-corrected chi connectivity index (χ4v) is 4.29. The summed E-state index contributed by atoms with van der Waals surface area (Å²) in [7, 11) is 0. The number of rotatable bonds is 3. The van der Waals surface area contributed by atoms with Gasteiger partial charge in [0, 0.05) is 19.6 Å². The van der Waals surface area contributed by atoms with Crippen molar-refractivity contribution in [2.24, 2.45) is 11.3 Å². The van der Waals surface area contributed by atoms with Crippen LogP contribution >= 0.6 is 0 Å². The molecule has 1 N–H and O–H groups in total. The first-order valence-electron chi connectivity index (χ1n) is 8.87. The van der Waals surface area contributed by atoms with E-state index in [4.69, 9.17) is 0 Å². The summed E-state index contributed by atoms with van der Waals surface area (Å²) in [6.45, 7) is 7.48. The van der Waals surface area contributed by atoms with Gasteiger partial charge < -0.3 is 10.0 Å². The van der Waals surface area contributed by atoms with Gasteiger partial charge in [0.1, 0.15) is 0 Å². The molecule has 0 bridgehead atoms. The zero-order chi connectivity index (χ0) is 15.3. The number of aliphatic hydroxyl groups is 1. The van der Waals surface area contributed by atoms with E-state index in [0.717, 1.165) is 58.2 Å². The van der Waals surface area contributed by atoms with Crippen molar-refractivity contribution in [3.8, 4) is 6.07 Å². The van der Waals surface area contributed by atoms with Crippen LogP contribution in [0.1, 0.15) is 71.6 Å². The van der Waals surface area contributed by atoms with Crippen molar-refractivity contribution in [3.05, 3.63) is 0 Å². The predicted octanol–water partition coefficient (Wildman–Crippen LogP) is 3.72. The van der Waals surface area contributed by atoms with Crippen LogP contribution in [-0.4, -0.2) is 35.2 Å². The van der Waals surface area contributed by atoms with Crippen LogP contribution in [0.3, 0.4) is 0 Å². The molecule has 120 valence electrons. The molecule has 2 aliphatic rings. The van der Waals surface area contributed by atoms with Crippen molar-refractivity contribution < 1.29 is 5.11 Å². The zero-order valence-corrected chi connectivity index (χ0v) is 13.9. The molecule has 0 radical (unpaired) electrons. The van der Waals surface area contributed by atoms with Gasteiger partial charge in [-0.25, -0.2) is 0 Å². The minimum atomic E-state index is -0.757. The number of piperidine rings is 1. The van der Waals surface area contributed by atoms with Gasteiger partial charge >= 0.3 is 0 Å². The molecule has 1 aliphatic heterocycles. The van der Waals surface area contributed by atoms with Gasteiger partial charge in [-0.05, 0) is 31.6 Å². The molecule has 3 nitrogen and oxygen atoms in total. The molecule has 0 spiro atoms. The molecular formula is C18H32N2O. The number of likely N-dealkylation sites (tertiary alicyclic amines) is 1. The predicted molar refractivity (Wildman–Crippen MR) is 85.8 cm³/mol. The van der Waals surface area contributed by atoms with Gasteiger partial charge in [0.15, 0.2) is 0 Å². The number of nitrogens with zero attached hydrogens (tertiary/aromatic N) is 2. The Hall–Kier alpha value is -0.590. The summed E-state index contributed by atoms with van der Waals surface area (Å²) in [5.74, 6) is 0.669. The molecule has 0 amide bonds. The molecule has 1 saturated carbocycles.